The molecule has 2 amide bonds. The molecule has 2 fully saturated rings. The second kappa shape index (κ2) is 9.10. The highest BCUT2D eigenvalue weighted by atomic mass is 16.5. The van der Waals surface area contributed by atoms with Crippen LogP contribution < -0.4 is 19.3 Å². The molecule has 0 radical (unpaired) electrons. The maximum Gasteiger partial charge on any atom is 0.228 e. The van der Waals surface area contributed by atoms with Gasteiger partial charge in [-0.3, -0.25) is 9.59 Å². The van der Waals surface area contributed by atoms with Crippen molar-refractivity contribution >= 4 is 23.2 Å². The number of methoxy groups -OCH3 is 2. The molecule has 2 heterocycles. The smallest absolute Gasteiger partial charge is 0.228 e. The molecule has 170 valence electrons. The van der Waals surface area contributed by atoms with E-state index in [9.17, 15) is 9.59 Å². The summed E-state index contributed by atoms with van der Waals surface area (Å²) in [6.45, 7) is 7.58. The van der Waals surface area contributed by atoms with Gasteiger partial charge in [0.25, 0.3) is 0 Å². The highest BCUT2D eigenvalue weighted by Gasteiger charge is 2.39. The lowest BCUT2D eigenvalue weighted by Crippen LogP contribution is -2.51. The molecule has 2 aromatic carbocycles. The number of amides is 2. The van der Waals surface area contributed by atoms with E-state index >= 15 is 0 Å². The summed E-state index contributed by atoms with van der Waals surface area (Å²) in [6, 6.07) is 11.7. The van der Waals surface area contributed by atoms with Crippen LogP contribution in [-0.2, 0) is 9.59 Å². The van der Waals surface area contributed by atoms with Crippen molar-refractivity contribution in [3.05, 3.63) is 47.5 Å². The molecule has 2 aliphatic heterocycles. The van der Waals surface area contributed by atoms with Crippen LogP contribution in [0.4, 0.5) is 11.4 Å². The maximum atomic E-state index is 13.2. The number of hydrogen-bond donors (Lipinski definition) is 0. The number of benzene rings is 2. The van der Waals surface area contributed by atoms with E-state index in [1.807, 2.05) is 11.0 Å². The summed E-state index contributed by atoms with van der Waals surface area (Å²) < 4.78 is 10.7. The topological polar surface area (TPSA) is 62.3 Å². The minimum atomic E-state index is -0.332. The summed E-state index contributed by atoms with van der Waals surface area (Å²) in [5.74, 6) is 0.899. The average molecular weight is 438 g/mol. The molecule has 0 aliphatic carbocycles. The van der Waals surface area contributed by atoms with E-state index in [1.165, 1.54) is 16.8 Å². The fourth-order valence-electron chi connectivity index (χ4n) is 4.62. The normalized spacial score (nSPS) is 18.8. The zero-order valence-corrected chi connectivity index (χ0v) is 19.3. The van der Waals surface area contributed by atoms with Crippen LogP contribution in [-0.4, -0.2) is 63.7 Å². The molecule has 1 atom stereocenters. The molecule has 0 saturated carbocycles. The van der Waals surface area contributed by atoms with E-state index in [0.29, 0.717) is 36.8 Å². The number of rotatable bonds is 5. The zero-order chi connectivity index (χ0) is 22.8. The standard InChI is InChI=1S/C25H31N3O4/c1-17-6-5-7-21(18(17)2)26-10-12-27(13-11-26)25(30)19-14-24(29)28(16-19)22-9-8-20(31-3)15-23(22)32-4/h5-9,15,19H,10-14,16H2,1-4H3. The number of piperazine rings is 1. The predicted octanol–water partition coefficient (Wildman–Crippen LogP) is 3.02. The van der Waals surface area contributed by atoms with Crippen molar-refractivity contribution in [2.24, 2.45) is 5.92 Å². The molecule has 2 saturated heterocycles. The Morgan fingerprint density at radius 3 is 2.41 bits per heavy atom. The van der Waals surface area contributed by atoms with Gasteiger partial charge in [-0.1, -0.05) is 12.1 Å². The second-order valence-corrected chi connectivity index (χ2v) is 8.47. The van der Waals surface area contributed by atoms with Crippen molar-refractivity contribution in [3.63, 3.8) is 0 Å². The van der Waals surface area contributed by atoms with Crippen LogP contribution in [0, 0.1) is 19.8 Å². The molecule has 7 heteroatoms. The maximum absolute atomic E-state index is 13.2. The van der Waals surface area contributed by atoms with E-state index in [2.05, 4.69) is 36.9 Å². The lowest BCUT2D eigenvalue weighted by molar-refractivity contribution is -0.136. The molecule has 0 aromatic heterocycles. The van der Waals surface area contributed by atoms with Crippen molar-refractivity contribution in [2.45, 2.75) is 20.3 Å². The Hall–Kier alpha value is -3.22. The molecule has 0 N–H and O–H groups in total. The zero-order valence-electron chi connectivity index (χ0n) is 19.3. The Morgan fingerprint density at radius 2 is 1.72 bits per heavy atom. The van der Waals surface area contributed by atoms with Gasteiger partial charge in [-0.15, -0.1) is 0 Å². The highest BCUT2D eigenvalue weighted by Crippen LogP contribution is 2.36. The Labute approximate surface area is 189 Å². The summed E-state index contributed by atoms with van der Waals surface area (Å²) in [5.41, 5.74) is 4.48. The van der Waals surface area contributed by atoms with E-state index in [4.69, 9.17) is 9.47 Å². The van der Waals surface area contributed by atoms with Crippen molar-refractivity contribution in [1.82, 2.24) is 4.90 Å². The Bertz CT molecular complexity index is 1010. The first kappa shape index (κ1) is 22.0. The van der Waals surface area contributed by atoms with E-state index in [0.717, 1.165) is 13.1 Å². The van der Waals surface area contributed by atoms with E-state index in [1.54, 1.807) is 31.3 Å². The van der Waals surface area contributed by atoms with Crippen LogP contribution in [0.25, 0.3) is 0 Å². The summed E-state index contributed by atoms with van der Waals surface area (Å²) >= 11 is 0. The third-order valence-electron chi connectivity index (χ3n) is 6.66. The molecule has 32 heavy (non-hydrogen) atoms. The molecule has 7 nitrogen and oxygen atoms in total. The third kappa shape index (κ3) is 4.11. The van der Waals surface area contributed by atoms with Crippen LogP contribution in [0.5, 0.6) is 11.5 Å². The van der Waals surface area contributed by atoms with Gasteiger partial charge in [-0.25, -0.2) is 0 Å². The fraction of sp³-hybridized carbons (Fsp3) is 0.440. The van der Waals surface area contributed by atoms with Gasteiger partial charge >= 0.3 is 0 Å². The number of ether oxygens (including phenoxy) is 2. The van der Waals surface area contributed by atoms with Crippen LogP contribution in [0.1, 0.15) is 17.5 Å². The number of nitrogens with zero attached hydrogens (tertiary/aromatic N) is 3. The van der Waals surface area contributed by atoms with Gasteiger partial charge < -0.3 is 24.2 Å². The van der Waals surface area contributed by atoms with Crippen LogP contribution >= 0.6 is 0 Å². The van der Waals surface area contributed by atoms with Gasteiger partial charge in [0, 0.05) is 50.9 Å². The monoisotopic (exact) mass is 437 g/mol. The minimum Gasteiger partial charge on any atom is -0.497 e. The first-order chi connectivity index (χ1) is 15.4. The number of aryl methyl sites for hydroxylation is 1. The molecule has 0 spiro atoms. The van der Waals surface area contributed by atoms with Gasteiger partial charge in [0.15, 0.2) is 0 Å². The lowest BCUT2D eigenvalue weighted by Gasteiger charge is -2.38. The van der Waals surface area contributed by atoms with E-state index in [-0.39, 0.29) is 24.2 Å². The summed E-state index contributed by atoms with van der Waals surface area (Å²) in [4.78, 5) is 31.9. The van der Waals surface area contributed by atoms with Gasteiger partial charge in [-0.2, -0.15) is 0 Å². The first-order valence-electron chi connectivity index (χ1n) is 11.0. The number of carbonyl (C=O) groups excluding carboxylic acids is 2. The van der Waals surface area contributed by atoms with Crippen molar-refractivity contribution in [1.29, 1.82) is 0 Å². The molecule has 2 aliphatic rings. The SMILES string of the molecule is COc1ccc(N2CC(C(=O)N3CCN(c4cccc(C)c4C)CC3)CC2=O)c(OC)c1. The number of carbonyl (C=O) groups is 2. The van der Waals surface area contributed by atoms with E-state index < -0.39 is 0 Å². The van der Waals surface area contributed by atoms with Gasteiger partial charge in [0.2, 0.25) is 11.8 Å². The molecule has 4 rings (SSSR count). The van der Waals surface area contributed by atoms with Crippen LogP contribution in [0.15, 0.2) is 36.4 Å². The van der Waals surface area contributed by atoms with Gasteiger partial charge in [0.1, 0.15) is 11.5 Å². The summed E-state index contributed by atoms with van der Waals surface area (Å²) in [7, 11) is 3.15. The number of hydrogen-bond acceptors (Lipinski definition) is 5. The van der Waals surface area contributed by atoms with Crippen molar-refractivity contribution in [2.75, 3.05) is 56.7 Å². The Kier molecular flexibility index (Phi) is 6.26. The predicted molar refractivity (Wildman–Crippen MR) is 125 cm³/mol. The fourth-order valence-corrected chi connectivity index (χ4v) is 4.62. The average Bonchev–Trinajstić information content (AvgIpc) is 3.21. The van der Waals surface area contributed by atoms with Crippen LogP contribution in [0.3, 0.4) is 0 Å². The summed E-state index contributed by atoms with van der Waals surface area (Å²) in [6.07, 6.45) is 0.227. The second-order valence-electron chi connectivity index (χ2n) is 8.47. The van der Waals surface area contributed by atoms with Crippen molar-refractivity contribution in [3.8, 4) is 11.5 Å². The van der Waals surface area contributed by atoms with Crippen molar-refractivity contribution < 1.29 is 19.1 Å². The minimum absolute atomic E-state index is 0.0548. The first-order valence-corrected chi connectivity index (χ1v) is 11.0. The molecular formula is C25H31N3O4. The quantitative estimate of drug-likeness (QED) is 0.720. The molecule has 0 bridgehead atoms. The third-order valence-corrected chi connectivity index (χ3v) is 6.66. The van der Waals surface area contributed by atoms with Gasteiger partial charge in [0.05, 0.1) is 25.8 Å². The highest BCUT2D eigenvalue weighted by molar-refractivity contribution is 6.01. The molecular weight excluding hydrogens is 406 g/mol. The molecule has 2 aromatic rings. The Balaban J connectivity index is 1.41. The lowest BCUT2D eigenvalue weighted by atomic mass is 10.1. The van der Waals surface area contributed by atoms with Gasteiger partial charge in [-0.05, 0) is 43.2 Å². The number of anilines is 2. The molecule has 1 unspecified atom stereocenters. The van der Waals surface area contributed by atoms with Crippen LogP contribution in [0.2, 0.25) is 0 Å². The Morgan fingerprint density at radius 1 is 0.969 bits per heavy atom. The summed E-state index contributed by atoms with van der Waals surface area (Å²) in [5, 5.41) is 0. The largest absolute Gasteiger partial charge is 0.497 e.